The van der Waals surface area contributed by atoms with Gasteiger partial charge in [-0.1, -0.05) is 41.9 Å². The van der Waals surface area contributed by atoms with Crippen molar-refractivity contribution in [2.45, 2.75) is 0 Å². The summed E-state index contributed by atoms with van der Waals surface area (Å²) in [6.45, 7) is 0. The summed E-state index contributed by atoms with van der Waals surface area (Å²) in [5.74, 6) is 0. The molecule has 0 saturated heterocycles. The molecule has 0 bridgehead atoms. The molecule has 3 heteroatoms. The summed E-state index contributed by atoms with van der Waals surface area (Å²) in [5.41, 5.74) is 4.06. The summed E-state index contributed by atoms with van der Waals surface area (Å²) < 4.78 is 6.02. The zero-order valence-corrected chi connectivity index (χ0v) is 12.3. The predicted octanol–water partition coefficient (Wildman–Crippen LogP) is 5.78. The van der Waals surface area contributed by atoms with E-state index in [4.69, 9.17) is 21.3 Å². The fraction of sp³-hybridized carbons (Fsp3) is 0. The van der Waals surface area contributed by atoms with E-state index in [-0.39, 0.29) is 0 Å². The predicted molar refractivity (Wildman–Crippen MR) is 88.9 cm³/mol. The highest BCUT2D eigenvalue weighted by molar-refractivity contribution is 6.32. The molecule has 0 saturated carbocycles. The molecule has 4 rings (SSSR count). The molecule has 1 aromatic heterocycles. The van der Waals surface area contributed by atoms with E-state index in [1.54, 1.807) is 6.07 Å². The second kappa shape index (κ2) is 4.91. The maximum atomic E-state index is 9.09. The Kier molecular flexibility index (Phi) is 2.89. The molecule has 0 aliphatic carbocycles. The molecular weight excluding hydrogens is 294 g/mol. The Hall–Kier alpha value is -2.76. The van der Waals surface area contributed by atoms with Crippen molar-refractivity contribution in [3.05, 3.63) is 71.2 Å². The molecule has 0 aliphatic heterocycles. The van der Waals surface area contributed by atoms with Crippen LogP contribution in [0.15, 0.2) is 65.1 Å². The summed E-state index contributed by atoms with van der Waals surface area (Å²) in [6, 6.07) is 21.3. The Bertz CT molecular complexity index is 1060. The molecule has 4 aromatic rings. The van der Waals surface area contributed by atoms with E-state index in [2.05, 4.69) is 6.07 Å². The van der Waals surface area contributed by atoms with E-state index in [0.29, 0.717) is 10.6 Å². The minimum absolute atomic E-state index is 0.613. The number of nitrogens with zero attached hydrogens (tertiary/aromatic N) is 1. The van der Waals surface area contributed by atoms with E-state index < -0.39 is 0 Å². The highest BCUT2D eigenvalue weighted by Crippen LogP contribution is 2.38. The van der Waals surface area contributed by atoms with Gasteiger partial charge in [0.15, 0.2) is 0 Å². The van der Waals surface area contributed by atoms with Crippen LogP contribution in [0, 0.1) is 11.3 Å². The van der Waals surface area contributed by atoms with Crippen LogP contribution in [0.5, 0.6) is 0 Å². The number of furan rings is 1. The topological polar surface area (TPSA) is 36.9 Å². The van der Waals surface area contributed by atoms with E-state index >= 15 is 0 Å². The number of hydrogen-bond acceptors (Lipinski definition) is 2. The average Bonchev–Trinajstić information content (AvgIpc) is 2.93. The fourth-order valence-corrected chi connectivity index (χ4v) is 2.98. The largest absolute Gasteiger partial charge is 0.455 e. The normalized spacial score (nSPS) is 10.9. The lowest BCUT2D eigenvalue weighted by atomic mass is 10.0. The van der Waals surface area contributed by atoms with E-state index in [1.165, 1.54) is 0 Å². The minimum Gasteiger partial charge on any atom is -0.455 e. The molecule has 104 valence electrons. The van der Waals surface area contributed by atoms with Gasteiger partial charge in [-0.25, -0.2) is 0 Å². The maximum absolute atomic E-state index is 9.09. The van der Waals surface area contributed by atoms with Crippen LogP contribution >= 0.6 is 11.6 Å². The fourth-order valence-electron chi connectivity index (χ4n) is 2.76. The van der Waals surface area contributed by atoms with Crippen LogP contribution in [0.25, 0.3) is 33.1 Å². The van der Waals surface area contributed by atoms with Crippen LogP contribution in [0.4, 0.5) is 0 Å². The van der Waals surface area contributed by atoms with Gasteiger partial charge >= 0.3 is 0 Å². The van der Waals surface area contributed by atoms with Crippen LogP contribution in [-0.4, -0.2) is 0 Å². The molecule has 0 N–H and O–H groups in total. The number of nitriles is 1. The molecule has 0 aliphatic rings. The second-order valence-corrected chi connectivity index (χ2v) is 5.56. The van der Waals surface area contributed by atoms with Crippen molar-refractivity contribution in [2.75, 3.05) is 0 Å². The van der Waals surface area contributed by atoms with E-state index in [9.17, 15) is 0 Å². The molecule has 0 atom stereocenters. The van der Waals surface area contributed by atoms with Crippen molar-refractivity contribution in [3.63, 3.8) is 0 Å². The van der Waals surface area contributed by atoms with Gasteiger partial charge in [0.1, 0.15) is 11.2 Å². The van der Waals surface area contributed by atoms with Gasteiger partial charge in [0.2, 0.25) is 0 Å². The van der Waals surface area contributed by atoms with Crippen molar-refractivity contribution < 1.29 is 4.42 Å². The zero-order valence-electron chi connectivity index (χ0n) is 11.5. The number of para-hydroxylation sites is 1. The van der Waals surface area contributed by atoms with Gasteiger partial charge in [0, 0.05) is 21.4 Å². The highest BCUT2D eigenvalue weighted by atomic mass is 35.5. The van der Waals surface area contributed by atoms with Crippen molar-refractivity contribution in [2.24, 2.45) is 0 Å². The Morgan fingerprint density at radius 1 is 0.909 bits per heavy atom. The first kappa shape index (κ1) is 12.9. The first-order valence-electron chi connectivity index (χ1n) is 6.87. The molecule has 0 amide bonds. The van der Waals surface area contributed by atoms with Gasteiger partial charge in [-0.15, -0.1) is 0 Å². The summed E-state index contributed by atoms with van der Waals surface area (Å²) in [6.07, 6.45) is 0. The molecule has 1 heterocycles. The average molecular weight is 304 g/mol. The quantitative estimate of drug-likeness (QED) is 0.447. The van der Waals surface area contributed by atoms with E-state index in [1.807, 2.05) is 54.6 Å². The summed E-state index contributed by atoms with van der Waals surface area (Å²) in [5, 5.41) is 11.8. The number of hydrogen-bond donors (Lipinski definition) is 0. The van der Waals surface area contributed by atoms with Crippen LogP contribution in [0.1, 0.15) is 5.56 Å². The number of rotatable bonds is 1. The third-order valence-corrected chi connectivity index (χ3v) is 3.96. The van der Waals surface area contributed by atoms with Crippen LogP contribution in [0.3, 0.4) is 0 Å². The first-order chi connectivity index (χ1) is 10.8. The van der Waals surface area contributed by atoms with Gasteiger partial charge in [-0.3, -0.25) is 0 Å². The summed E-state index contributed by atoms with van der Waals surface area (Å²) in [4.78, 5) is 0. The van der Waals surface area contributed by atoms with Gasteiger partial charge in [-0.2, -0.15) is 5.26 Å². The summed E-state index contributed by atoms with van der Waals surface area (Å²) >= 11 is 6.30. The molecular formula is C19H10ClNO. The molecule has 2 nitrogen and oxygen atoms in total. The first-order valence-corrected chi connectivity index (χ1v) is 7.25. The van der Waals surface area contributed by atoms with Crippen LogP contribution < -0.4 is 0 Å². The van der Waals surface area contributed by atoms with Crippen molar-refractivity contribution >= 4 is 33.5 Å². The summed E-state index contributed by atoms with van der Waals surface area (Å²) in [7, 11) is 0. The number of benzene rings is 3. The Labute approximate surface area is 132 Å². The molecule has 0 radical (unpaired) electrons. The van der Waals surface area contributed by atoms with Gasteiger partial charge < -0.3 is 4.42 Å². The Morgan fingerprint density at radius 3 is 2.64 bits per heavy atom. The molecule has 3 aromatic carbocycles. The zero-order chi connectivity index (χ0) is 15.1. The minimum atomic E-state index is 0.613. The Morgan fingerprint density at radius 2 is 1.77 bits per heavy atom. The Balaban J connectivity index is 2.11. The van der Waals surface area contributed by atoms with Crippen LogP contribution in [-0.2, 0) is 0 Å². The highest BCUT2D eigenvalue weighted by Gasteiger charge is 2.13. The monoisotopic (exact) mass is 303 g/mol. The standard InChI is InChI=1S/C19H10ClNO/c20-14-9-16(13-5-3-4-12(8-13)11-21)19-17(10-14)15-6-1-2-7-18(15)22-19/h1-10H. The van der Waals surface area contributed by atoms with Crippen molar-refractivity contribution in [1.82, 2.24) is 0 Å². The third kappa shape index (κ3) is 1.95. The lowest BCUT2D eigenvalue weighted by Gasteiger charge is -2.04. The molecule has 0 unspecified atom stereocenters. The van der Waals surface area contributed by atoms with Crippen LogP contribution in [0.2, 0.25) is 5.02 Å². The number of halogens is 1. The lowest BCUT2D eigenvalue weighted by Crippen LogP contribution is -1.82. The molecule has 0 fully saturated rings. The van der Waals surface area contributed by atoms with Crippen molar-refractivity contribution in [3.8, 4) is 17.2 Å². The molecule has 22 heavy (non-hydrogen) atoms. The lowest BCUT2D eigenvalue weighted by molar-refractivity contribution is 0.670. The molecule has 0 spiro atoms. The maximum Gasteiger partial charge on any atom is 0.143 e. The smallest absolute Gasteiger partial charge is 0.143 e. The van der Waals surface area contributed by atoms with Gasteiger partial charge in [0.25, 0.3) is 0 Å². The second-order valence-electron chi connectivity index (χ2n) is 5.12. The third-order valence-electron chi connectivity index (χ3n) is 3.75. The van der Waals surface area contributed by atoms with Gasteiger partial charge in [-0.05, 0) is 35.9 Å². The SMILES string of the molecule is N#Cc1cccc(-c2cc(Cl)cc3c2oc2ccccc23)c1. The number of fused-ring (bicyclic) bond motifs is 3. The van der Waals surface area contributed by atoms with Gasteiger partial charge in [0.05, 0.1) is 11.6 Å². The van der Waals surface area contributed by atoms with Crippen molar-refractivity contribution in [1.29, 1.82) is 5.26 Å². The van der Waals surface area contributed by atoms with E-state index in [0.717, 1.165) is 33.1 Å².